The van der Waals surface area contributed by atoms with Crippen molar-refractivity contribution in [1.29, 1.82) is 0 Å². The standard InChI is InChI=1S/C59H102O5/c1-4-7-10-13-16-19-22-25-28-30-32-34-37-40-43-46-49-52-58(60)63-56-57(55-62-54-51-48-45-42-39-36-33-29-26-23-20-17-14-11-8-5-2)64-59(61)53-50-47-44-41-38-35-31-27-24-21-18-15-12-9-6-3/h9,12,16,18-19,21,25,27-28,31,38,41,47,50,57H,4-8,10-11,13-15,17,20,22-24,26,29-30,32-37,39-40,42-46,48-49,51-56H2,1-3H3/b12-9-,19-16-,21-18-,28-25-,31-27-,41-38-,50-47-. The molecule has 1 atom stereocenters. The van der Waals surface area contributed by atoms with E-state index < -0.39 is 6.10 Å². The van der Waals surface area contributed by atoms with E-state index in [0.29, 0.717) is 13.0 Å². The lowest BCUT2D eigenvalue weighted by molar-refractivity contribution is -0.162. The van der Waals surface area contributed by atoms with Crippen molar-refractivity contribution in [1.82, 2.24) is 0 Å². The summed E-state index contributed by atoms with van der Waals surface area (Å²) in [5, 5.41) is 0. The van der Waals surface area contributed by atoms with Gasteiger partial charge in [0.25, 0.3) is 0 Å². The number of carbonyl (C=O) groups is 2. The van der Waals surface area contributed by atoms with Crippen LogP contribution in [0, 0.1) is 0 Å². The predicted molar refractivity (Wildman–Crippen MR) is 279 cm³/mol. The first-order valence-electron chi connectivity index (χ1n) is 27.1. The molecule has 0 aromatic heterocycles. The van der Waals surface area contributed by atoms with Crippen LogP contribution in [0.1, 0.15) is 252 Å². The second-order valence-corrected chi connectivity index (χ2v) is 17.8. The highest BCUT2D eigenvalue weighted by Crippen LogP contribution is 2.15. The number of allylic oxidation sites excluding steroid dienone is 13. The molecule has 368 valence electrons. The number of rotatable bonds is 49. The molecule has 0 fully saturated rings. The molecule has 0 radical (unpaired) electrons. The van der Waals surface area contributed by atoms with Crippen LogP contribution < -0.4 is 0 Å². The number of carbonyl (C=O) groups excluding carboxylic acids is 2. The third-order valence-corrected chi connectivity index (χ3v) is 11.4. The summed E-state index contributed by atoms with van der Waals surface area (Å²) in [7, 11) is 0. The van der Waals surface area contributed by atoms with E-state index in [1.165, 1.54) is 148 Å². The number of unbranched alkanes of at least 4 members (excludes halogenated alkanes) is 25. The minimum absolute atomic E-state index is 0.0406. The van der Waals surface area contributed by atoms with E-state index in [-0.39, 0.29) is 31.6 Å². The van der Waals surface area contributed by atoms with Crippen molar-refractivity contribution in [2.45, 2.75) is 258 Å². The molecule has 0 N–H and O–H groups in total. The molecule has 0 bridgehead atoms. The molecule has 0 saturated carbocycles. The lowest BCUT2D eigenvalue weighted by atomic mass is 10.0. The molecule has 1 unspecified atom stereocenters. The van der Waals surface area contributed by atoms with Crippen LogP contribution in [0.15, 0.2) is 85.1 Å². The molecule has 64 heavy (non-hydrogen) atoms. The number of hydrogen-bond acceptors (Lipinski definition) is 5. The van der Waals surface area contributed by atoms with Gasteiger partial charge in [-0.25, -0.2) is 0 Å². The van der Waals surface area contributed by atoms with Crippen LogP contribution in [0.2, 0.25) is 0 Å². The van der Waals surface area contributed by atoms with E-state index in [1.807, 2.05) is 12.2 Å². The monoisotopic (exact) mass is 891 g/mol. The minimum Gasteiger partial charge on any atom is -0.462 e. The number of esters is 2. The van der Waals surface area contributed by atoms with Crippen LogP contribution in [0.5, 0.6) is 0 Å². The maximum atomic E-state index is 12.8. The topological polar surface area (TPSA) is 61.8 Å². The first kappa shape index (κ1) is 61.1. The molecule has 0 amide bonds. The Bertz CT molecular complexity index is 1190. The van der Waals surface area contributed by atoms with E-state index in [0.717, 1.165) is 70.6 Å². The fourth-order valence-electron chi connectivity index (χ4n) is 7.44. The average Bonchev–Trinajstić information content (AvgIpc) is 3.30. The normalized spacial score (nSPS) is 12.9. The zero-order chi connectivity index (χ0) is 46.3. The Kier molecular flexibility index (Phi) is 51.9. The van der Waals surface area contributed by atoms with Crippen LogP contribution in [0.25, 0.3) is 0 Å². The summed E-state index contributed by atoms with van der Waals surface area (Å²) < 4.78 is 17.3. The van der Waals surface area contributed by atoms with E-state index >= 15 is 0 Å². The second kappa shape index (κ2) is 54.4. The Hall–Kier alpha value is -2.92. The van der Waals surface area contributed by atoms with Gasteiger partial charge in [0.1, 0.15) is 6.61 Å². The largest absolute Gasteiger partial charge is 0.462 e. The number of ether oxygens (including phenoxy) is 3. The Balaban J connectivity index is 4.38. The van der Waals surface area contributed by atoms with Gasteiger partial charge in [-0.2, -0.15) is 0 Å². The minimum atomic E-state index is -0.595. The highest BCUT2D eigenvalue weighted by Gasteiger charge is 2.17. The fourth-order valence-corrected chi connectivity index (χ4v) is 7.44. The molecular formula is C59H102O5. The fraction of sp³-hybridized carbons (Fsp3) is 0.729. The van der Waals surface area contributed by atoms with Crippen molar-refractivity contribution < 1.29 is 23.8 Å². The van der Waals surface area contributed by atoms with Crippen LogP contribution in [0.3, 0.4) is 0 Å². The Labute approximate surface area is 397 Å². The van der Waals surface area contributed by atoms with Gasteiger partial charge < -0.3 is 14.2 Å². The summed E-state index contributed by atoms with van der Waals surface area (Å²) in [5.41, 5.74) is 0. The predicted octanol–water partition coefficient (Wildman–Crippen LogP) is 18.5. The van der Waals surface area contributed by atoms with Crippen LogP contribution in [0.4, 0.5) is 0 Å². The van der Waals surface area contributed by atoms with E-state index in [1.54, 1.807) is 0 Å². The molecule has 0 aromatic carbocycles. The van der Waals surface area contributed by atoms with Crippen LogP contribution in [-0.2, 0) is 23.8 Å². The number of hydrogen-bond donors (Lipinski definition) is 0. The first-order chi connectivity index (χ1) is 31.6. The van der Waals surface area contributed by atoms with Crippen molar-refractivity contribution in [3.63, 3.8) is 0 Å². The lowest BCUT2D eigenvalue weighted by Gasteiger charge is -2.18. The lowest BCUT2D eigenvalue weighted by Crippen LogP contribution is -2.29. The van der Waals surface area contributed by atoms with Gasteiger partial charge in [-0.05, 0) is 77.0 Å². The molecule has 5 nitrogen and oxygen atoms in total. The Morgan fingerprint density at radius 1 is 0.375 bits per heavy atom. The van der Waals surface area contributed by atoms with Gasteiger partial charge in [-0.15, -0.1) is 0 Å². The summed E-state index contributed by atoms with van der Waals surface area (Å²) in [5.74, 6) is -0.547. The van der Waals surface area contributed by atoms with Crippen molar-refractivity contribution in [2.75, 3.05) is 19.8 Å². The van der Waals surface area contributed by atoms with Gasteiger partial charge >= 0.3 is 11.9 Å². The molecule has 0 heterocycles. The maximum absolute atomic E-state index is 12.8. The molecule has 0 aliphatic carbocycles. The Morgan fingerprint density at radius 2 is 0.750 bits per heavy atom. The van der Waals surface area contributed by atoms with Gasteiger partial charge in [0.15, 0.2) is 6.10 Å². The first-order valence-corrected chi connectivity index (χ1v) is 27.1. The summed E-state index contributed by atoms with van der Waals surface area (Å²) in [6.07, 6.45) is 71.9. The van der Waals surface area contributed by atoms with Crippen molar-refractivity contribution in [2.24, 2.45) is 0 Å². The summed E-state index contributed by atoms with van der Waals surface area (Å²) in [6, 6.07) is 0. The molecule has 0 saturated heterocycles. The van der Waals surface area contributed by atoms with Gasteiger partial charge in [0.2, 0.25) is 0 Å². The summed E-state index contributed by atoms with van der Waals surface area (Å²) in [4.78, 5) is 25.4. The quantitative estimate of drug-likeness (QED) is 0.0346. The SMILES string of the molecule is CC/C=C\C/C=C\C/C=C\C/C=C\C/C=C\CC(=O)OC(COCCCCCCCCCCCCCCCCCC)COC(=O)CCCCCCCCC/C=C\C/C=C\CCCCC. The molecule has 0 aliphatic rings. The highest BCUT2D eigenvalue weighted by atomic mass is 16.6. The molecule has 0 rings (SSSR count). The smallest absolute Gasteiger partial charge is 0.310 e. The van der Waals surface area contributed by atoms with Gasteiger partial charge in [-0.1, -0.05) is 247 Å². The van der Waals surface area contributed by atoms with Gasteiger partial charge in [-0.3, -0.25) is 9.59 Å². The molecular weight excluding hydrogens is 789 g/mol. The highest BCUT2D eigenvalue weighted by molar-refractivity contribution is 5.71. The molecule has 0 aliphatic heterocycles. The van der Waals surface area contributed by atoms with E-state index in [9.17, 15) is 9.59 Å². The summed E-state index contributed by atoms with van der Waals surface area (Å²) in [6.45, 7) is 7.60. The van der Waals surface area contributed by atoms with Crippen LogP contribution in [-0.4, -0.2) is 37.9 Å². The van der Waals surface area contributed by atoms with E-state index in [4.69, 9.17) is 14.2 Å². The maximum Gasteiger partial charge on any atom is 0.310 e. The third-order valence-electron chi connectivity index (χ3n) is 11.4. The zero-order valence-corrected chi connectivity index (χ0v) is 42.3. The molecule has 5 heteroatoms. The van der Waals surface area contributed by atoms with Crippen molar-refractivity contribution in [3.05, 3.63) is 85.1 Å². The van der Waals surface area contributed by atoms with Gasteiger partial charge in [0, 0.05) is 13.0 Å². The van der Waals surface area contributed by atoms with E-state index in [2.05, 4.69) is 93.7 Å². The third kappa shape index (κ3) is 51.7. The molecule has 0 aromatic rings. The van der Waals surface area contributed by atoms with Crippen LogP contribution >= 0.6 is 0 Å². The molecule has 0 spiro atoms. The zero-order valence-electron chi connectivity index (χ0n) is 42.3. The van der Waals surface area contributed by atoms with Gasteiger partial charge in [0.05, 0.1) is 13.0 Å². The van der Waals surface area contributed by atoms with Crippen molar-refractivity contribution in [3.8, 4) is 0 Å². The Morgan fingerprint density at radius 3 is 1.23 bits per heavy atom. The second-order valence-electron chi connectivity index (χ2n) is 17.8. The summed E-state index contributed by atoms with van der Waals surface area (Å²) >= 11 is 0. The average molecular weight is 891 g/mol. The van der Waals surface area contributed by atoms with Crippen molar-refractivity contribution >= 4 is 11.9 Å².